The summed E-state index contributed by atoms with van der Waals surface area (Å²) in [6.45, 7) is 2.46. The molecule has 2 aliphatic heterocycles. The smallest absolute Gasteiger partial charge is 0.382 e. The molecule has 2 aliphatic rings. The van der Waals surface area contributed by atoms with Gasteiger partial charge in [-0.25, -0.2) is 15.0 Å². The van der Waals surface area contributed by atoms with Gasteiger partial charge in [0.05, 0.1) is 5.56 Å². The van der Waals surface area contributed by atoms with E-state index in [9.17, 15) is 23.1 Å². The largest absolute Gasteiger partial charge is 0.416 e. The van der Waals surface area contributed by atoms with Gasteiger partial charge in [0.25, 0.3) is 5.91 Å². The first-order chi connectivity index (χ1) is 19.5. The van der Waals surface area contributed by atoms with Crippen molar-refractivity contribution in [2.24, 2.45) is 5.92 Å². The molecule has 2 fully saturated rings. The van der Waals surface area contributed by atoms with Crippen LogP contribution >= 0.6 is 0 Å². The predicted octanol–water partition coefficient (Wildman–Crippen LogP) is 4.31. The van der Waals surface area contributed by atoms with Crippen LogP contribution in [0.3, 0.4) is 0 Å². The fourth-order valence-corrected chi connectivity index (χ4v) is 5.99. The van der Waals surface area contributed by atoms with Crippen LogP contribution in [0.25, 0.3) is 16.8 Å². The number of rotatable bonds is 6. The van der Waals surface area contributed by atoms with Crippen LogP contribution in [0.2, 0.25) is 0 Å². The molecule has 3 unspecified atom stereocenters. The number of aromatic nitrogens is 4. The Hall–Kier alpha value is -4.19. The van der Waals surface area contributed by atoms with Gasteiger partial charge in [-0.15, -0.1) is 0 Å². The van der Waals surface area contributed by atoms with E-state index >= 15 is 0 Å². The van der Waals surface area contributed by atoms with Crippen LogP contribution in [0.1, 0.15) is 43.1 Å². The minimum atomic E-state index is -4.43. The number of benzene rings is 1. The number of nitrogens with two attached hydrogens (primary N) is 1. The quantitative estimate of drug-likeness (QED) is 0.319. The number of fused-ring (bicyclic) bond motifs is 2. The number of amides is 1. The standard InChI is InChI=1S/C29H30F3N7O2/c1-28(41)14-21-7-4-18(16-39(21)27(28)40)12-23-37-24(25-26(33)35-10-11-38(23)25)19-5-2-17(3-6-19)15-36-22-13-20(8-9-34-22)29(30,31)32/h2-3,5-6,8-11,13,18,21,41H,4,7,12,14-16H2,1H3,(H2,33,35)(H,34,36). The lowest BCUT2D eigenvalue weighted by molar-refractivity contribution is -0.143. The zero-order chi connectivity index (χ0) is 28.9. The number of alkyl halides is 3. The fraction of sp³-hybridized carbons (Fsp3) is 0.379. The van der Waals surface area contributed by atoms with Gasteiger partial charge in [-0.2, -0.15) is 13.2 Å². The highest BCUT2D eigenvalue weighted by Crippen LogP contribution is 2.37. The highest BCUT2D eigenvalue weighted by atomic mass is 19.4. The Balaban J connectivity index is 1.21. The molecule has 12 heteroatoms. The number of anilines is 2. The highest BCUT2D eigenvalue weighted by Gasteiger charge is 2.49. The highest BCUT2D eigenvalue weighted by molar-refractivity contribution is 5.87. The topological polar surface area (TPSA) is 122 Å². The van der Waals surface area contributed by atoms with Crippen LogP contribution in [-0.4, -0.2) is 53.5 Å². The monoisotopic (exact) mass is 565 g/mol. The number of carbonyl (C=O) groups is 1. The van der Waals surface area contributed by atoms with Crippen LogP contribution in [0.4, 0.5) is 24.8 Å². The Morgan fingerprint density at radius 1 is 1.15 bits per heavy atom. The van der Waals surface area contributed by atoms with Crippen molar-refractivity contribution in [1.29, 1.82) is 0 Å². The summed E-state index contributed by atoms with van der Waals surface area (Å²) in [6, 6.07) is 9.54. The lowest BCUT2D eigenvalue weighted by Gasteiger charge is -2.34. The first-order valence-electron chi connectivity index (χ1n) is 13.5. The summed E-state index contributed by atoms with van der Waals surface area (Å²) < 4.78 is 41.0. The van der Waals surface area contributed by atoms with Gasteiger partial charge in [0, 0.05) is 56.1 Å². The van der Waals surface area contributed by atoms with Gasteiger partial charge in [-0.3, -0.25) is 9.20 Å². The fourth-order valence-electron chi connectivity index (χ4n) is 5.99. The van der Waals surface area contributed by atoms with E-state index in [1.54, 1.807) is 13.1 Å². The molecule has 0 bridgehead atoms. The first-order valence-corrected chi connectivity index (χ1v) is 13.5. The molecule has 1 aromatic carbocycles. The molecule has 1 amide bonds. The lowest BCUT2D eigenvalue weighted by Crippen LogP contribution is -2.44. The van der Waals surface area contributed by atoms with Crippen LogP contribution in [-0.2, 0) is 23.9 Å². The number of hydrogen-bond acceptors (Lipinski definition) is 7. The molecule has 3 atom stereocenters. The third-order valence-corrected chi connectivity index (χ3v) is 8.07. The molecule has 41 heavy (non-hydrogen) atoms. The number of carbonyl (C=O) groups excluding carboxylic acids is 1. The average molecular weight is 566 g/mol. The molecular weight excluding hydrogens is 535 g/mol. The molecular formula is C29H30F3N7O2. The Morgan fingerprint density at radius 2 is 1.93 bits per heavy atom. The van der Waals surface area contributed by atoms with Crippen molar-refractivity contribution in [2.75, 3.05) is 17.6 Å². The summed E-state index contributed by atoms with van der Waals surface area (Å²) in [5, 5.41) is 13.4. The molecule has 5 heterocycles. The SMILES string of the molecule is CC1(O)CC2CCC(Cc3nc(-c4ccc(CNc5cc(C(F)(F)F)ccn5)cc4)c4c(N)nccn34)CN2C1=O. The van der Waals surface area contributed by atoms with Crippen LogP contribution < -0.4 is 11.1 Å². The number of nitrogens with zero attached hydrogens (tertiary/aromatic N) is 5. The van der Waals surface area contributed by atoms with Crippen LogP contribution in [0.15, 0.2) is 55.0 Å². The van der Waals surface area contributed by atoms with Crippen LogP contribution in [0.5, 0.6) is 0 Å². The van der Waals surface area contributed by atoms with Crippen molar-refractivity contribution >= 4 is 23.1 Å². The second kappa shape index (κ2) is 10.0. The van der Waals surface area contributed by atoms with Gasteiger partial charge in [-0.1, -0.05) is 24.3 Å². The second-order valence-electron chi connectivity index (χ2n) is 11.1. The Morgan fingerprint density at radius 3 is 2.68 bits per heavy atom. The number of imidazole rings is 1. The molecule has 214 valence electrons. The van der Waals surface area contributed by atoms with Crippen molar-refractivity contribution < 1.29 is 23.1 Å². The number of halogens is 3. The molecule has 4 aromatic rings. The number of pyridine rings is 1. The Kier molecular flexibility index (Phi) is 6.60. The zero-order valence-electron chi connectivity index (χ0n) is 22.4. The van der Waals surface area contributed by atoms with Gasteiger partial charge in [-0.05, 0) is 43.4 Å². The lowest BCUT2D eigenvalue weighted by atomic mass is 9.90. The molecule has 3 aromatic heterocycles. The molecule has 0 saturated carbocycles. The third-order valence-electron chi connectivity index (χ3n) is 8.07. The predicted molar refractivity (Wildman–Crippen MR) is 147 cm³/mol. The molecule has 4 N–H and O–H groups in total. The minimum absolute atomic E-state index is 0.0820. The molecule has 2 saturated heterocycles. The van der Waals surface area contributed by atoms with Gasteiger partial charge in [0.1, 0.15) is 34.3 Å². The van der Waals surface area contributed by atoms with Crippen molar-refractivity contribution in [1.82, 2.24) is 24.3 Å². The van der Waals surface area contributed by atoms with E-state index in [1.165, 1.54) is 0 Å². The Labute approximate surface area is 234 Å². The van der Waals surface area contributed by atoms with Crippen molar-refractivity contribution in [2.45, 2.75) is 57.0 Å². The molecule has 0 spiro atoms. The first kappa shape index (κ1) is 27.0. The van der Waals surface area contributed by atoms with Gasteiger partial charge < -0.3 is 21.1 Å². The minimum Gasteiger partial charge on any atom is -0.382 e. The summed E-state index contributed by atoms with van der Waals surface area (Å²) in [7, 11) is 0. The summed E-state index contributed by atoms with van der Waals surface area (Å²) in [5.74, 6) is 1.28. The molecule has 0 radical (unpaired) electrons. The van der Waals surface area contributed by atoms with E-state index in [2.05, 4.69) is 15.3 Å². The second-order valence-corrected chi connectivity index (χ2v) is 11.1. The summed E-state index contributed by atoms with van der Waals surface area (Å²) in [6.07, 6.45) is 3.04. The maximum absolute atomic E-state index is 13.0. The van der Waals surface area contributed by atoms with E-state index in [0.717, 1.165) is 48.1 Å². The van der Waals surface area contributed by atoms with Crippen molar-refractivity contribution in [3.05, 3.63) is 71.9 Å². The van der Waals surface area contributed by atoms with Crippen molar-refractivity contribution in [3.8, 4) is 11.3 Å². The molecule has 6 rings (SSSR count). The van der Waals surface area contributed by atoms with E-state index in [4.69, 9.17) is 10.7 Å². The van der Waals surface area contributed by atoms with E-state index < -0.39 is 17.3 Å². The number of nitrogen functional groups attached to an aromatic ring is 1. The normalized spacial score (nSPS) is 22.8. The number of piperidine rings is 1. The zero-order valence-corrected chi connectivity index (χ0v) is 22.4. The summed E-state index contributed by atoms with van der Waals surface area (Å²) in [5.41, 5.74) is 7.29. The van der Waals surface area contributed by atoms with E-state index in [-0.39, 0.29) is 30.2 Å². The third kappa shape index (κ3) is 5.19. The van der Waals surface area contributed by atoms with E-state index in [0.29, 0.717) is 36.4 Å². The van der Waals surface area contributed by atoms with Crippen molar-refractivity contribution in [3.63, 3.8) is 0 Å². The van der Waals surface area contributed by atoms with Gasteiger partial charge in [0.2, 0.25) is 0 Å². The summed E-state index contributed by atoms with van der Waals surface area (Å²) >= 11 is 0. The van der Waals surface area contributed by atoms with Gasteiger partial charge in [0.15, 0.2) is 0 Å². The number of hydrogen-bond donors (Lipinski definition) is 3. The number of nitrogens with one attached hydrogen (secondary N) is 1. The number of aliphatic hydroxyl groups is 1. The van der Waals surface area contributed by atoms with Gasteiger partial charge >= 0.3 is 6.18 Å². The molecule has 9 nitrogen and oxygen atoms in total. The molecule has 0 aliphatic carbocycles. The average Bonchev–Trinajstić information content (AvgIpc) is 3.42. The van der Waals surface area contributed by atoms with Crippen LogP contribution in [0, 0.1) is 5.92 Å². The summed E-state index contributed by atoms with van der Waals surface area (Å²) in [4.78, 5) is 27.7. The Bertz CT molecular complexity index is 1600. The maximum atomic E-state index is 13.0. The van der Waals surface area contributed by atoms with E-state index in [1.807, 2.05) is 39.8 Å². The maximum Gasteiger partial charge on any atom is 0.416 e.